The van der Waals surface area contributed by atoms with Gasteiger partial charge in [-0.05, 0) is 90.7 Å². The number of ether oxygens (including phenoxy) is 3. The summed E-state index contributed by atoms with van der Waals surface area (Å²) in [5, 5.41) is 3.03. The fourth-order valence-corrected chi connectivity index (χ4v) is 5.49. The molecule has 0 spiro atoms. The van der Waals surface area contributed by atoms with Crippen LogP contribution in [0.1, 0.15) is 84.6 Å². The molecular formula is C27H40N2O5. The van der Waals surface area contributed by atoms with Crippen LogP contribution in [0.3, 0.4) is 0 Å². The van der Waals surface area contributed by atoms with Crippen LogP contribution in [0.4, 0.5) is 4.79 Å². The highest BCUT2D eigenvalue weighted by atomic mass is 16.6. The lowest BCUT2D eigenvalue weighted by Crippen LogP contribution is -2.63. The highest BCUT2D eigenvalue weighted by molar-refractivity contribution is 5.85. The van der Waals surface area contributed by atoms with Gasteiger partial charge in [0.2, 0.25) is 0 Å². The molecule has 34 heavy (non-hydrogen) atoms. The highest BCUT2D eigenvalue weighted by Crippen LogP contribution is 2.40. The van der Waals surface area contributed by atoms with E-state index >= 15 is 0 Å². The summed E-state index contributed by atoms with van der Waals surface area (Å²) in [6.07, 6.45) is 5.30. The van der Waals surface area contributed by atoms with Crippen LogP contribution in [0, 0.1) is 0 Å². The van der Waals surface area contributed by atoms with Crippen LogP contribution in [0.2, 0.25) is 0 Å². The van der Waals surface area contributed by atoms with Crippen molar-refractivity contribution in [2.75, 3.05) is 13.2 Å². The average Bonchev–Trinajstić information content (AvgIpc) is 2.77. The predicted octanol–water partition coefficient (Wildman–Crippen LogP) is 4.78. The highest BCUT2D eigenvalue weighted by Gasteiger charge is 2.43. The number of rotatable bonds is 1. The summed E-state index contributed by atoms with van der Waals surface area (Å²) in [6, 6.07) is 7.61. The number of amides is 2. The van der Waals surface area contributed by atoms with Crippen molar-refractivity contribution in [1.82, 2.24) is 10.2 Å². The number of nitrogens with zero attached hydrogens (tertiary/aromatic N) is 1. The van der Waals surface area contributed by atoms with Crippen LogP contribution in [0.25, 0.3) is 0 Å². The van der Waals surface area contributed by atoms with Crippen LogP contribution in [0.5, 0.6) is 5.75 Å². The van der Waals surface area contributed by atoms with Gasteiger partial charge < -0.3 is 24.4 Å². The van der Waals surface area contributed by atoms with Crippen LogP contribution in [-0.2, 0) is 14.3 Å². The normalized spacial score (nSPS) is 29.4. The van der Waals surface area contributed by atoms with E-state index in [9.17, 15) is 9.59 Å². The number of hydrogen-bond acceptors (Lipinski definition) is 5. The van der Waals surface area contributed by atoms with Crippen molar-refractivity contribution in [3.05, 3.63) is 29.8 Å². The second-order valence-electron chi connectivity index (χ2n) is 11.4. The van der Waals surface area contributed by atoms with E-state index in [0.29, 0.717) is 19.1 Å². The van der Waals surface area contributed by atoms with Gasteiger partial charge in [0.05, 0.1) is 24.8 Å². The lowest BCUT2D eigenvalue weighted by atomic mass is 9.82. The molecule has 188 valence electrons. The van der Waals surface area contributed by atoms with Crippen molar-refractivity contribution in [3.63, 3.8) is 0 Å². The molecule has 1 saturated heterocycles. The van der Waals surface area contributed by atoms with E-state index in [1.54, 1.807) is 0 Å². The molecule has 7 nitrogen and oxygen atoms in total. The number of fused-ring (bicyclic) bond motifs is 5. The number of para-hydroxylation sites is 1. The minimum absolute atomic E-state index is 0.0850. The topological polar surface area (TPSA) is 77.1 Å². The predicted molar refractivity (Wildman–Crippen MR) is 130 cm³/mol. The molecule has 2 fully saturated rings. The molecule has 0 radical (unpaired) electrons. The van der Waals surface area contributed by atoms with Gasteiger partial charge >= 0.3 is 6.09 Å². The Hall–Kier alpha value is -2.28. The van der Waals surface area contributed by atoms with Gasteiger partial charge in [0.15, 0.2) is 5.60 Å². The Bertz CT molecular complexity index is 885. The SMILES string of the molecule is CC(C)(C)OC(=O)NC1CCCN2C(=O)C(C)(C)Oc3ccccc3[C@H]3CC[C@H](CC3)OC[C@@H]12. The van der Waals surface area contributed by atoms with E-state index in [-0.39, 0.29) is 24.1 Å². The van der Waals surface area contributed by atoms with Crippen molar-refractivity contribution in [2.45, 2.75) is 108 Å². The number of hydrogen-bond donors (Lipinski definition) is 1. The van der Waals surface area contributed by atoms with Crippen LogP contribution in [-0.4, -0.2) is 59.4 Å². The Morgan fingerprint density at radius 2 is 1.82 bits per heavy atom. The summed E-state index contributed by atoms with van der Waals surface area (Å²) in [5.74, 6) is 1.12. The lowest BCUT2D eigenvalue weighted by Gasteiger charge is -2.44. The lowest BCUT2D eigenvalue weighted by molar-refractivity contribution is -0.153. The number of carbonyl (C=O) groups is 2. The zero-order valence-corrected chi connectivity index (χ0v) is 21.3. The van der Waals surface area contributed by atoms with E-state index in [1.807, 2.05) is 57.7 Å². The molecule has 1 aromatic rings. The van der Waals surface area contributed by atoms with E-state index in [0.717, 1.165) is 44.3 Å². The smallest absolute Gasteiger partial charge is 0.407 e. The Morgan fingerprint density at radius 3 is 2.53 bits per heavy atom. The molecule has 7 heteroatoms. The molecule has 3 aliphatic heterocycles. The Balaban J connectivity index is 1.63. The molecule has 1 saturated carbocycles. The van der Waals surface area contributed by atoms with Crippen LogP contribution in [0.15, 0.2) is 24.3 Å². The minimum Gasteiger partial charge on any atom is -0.478 e. The minimum atomic E-state index is -1.05. The largest absolute Gasteiger partial charge is 0.478 e. The fraction of sp³-hybridized carbons (Fsp3) is 0.704. The summed E-state index contributed by atoms with van der Waals surface area (Å²) in [4.78, 5) is 28.3. The van der Waals surface area contributed by atoms with Gasteiger partial charge in [0.1, 0.15) is 11.4 Å². The van der Waals surface area contributed by atoms with E-state index in [4.69, 9.17) is 14.2 Å². The quantitative estimate of drug-likeness (QED) is 0.636. The van der Waals surface area contributed by atoms with Gasteiger partial charge in [-0.2, -0.15) is 0 Å². The maximum atomic E-state index is 13.9. The molecule has 2 amide bonds. The average molecular weight is 473 g/mol. The van der Waals surface area contributed by atoms with Crippen LogP contribution >= 0.6 is 0 Å². The first kappa shape index (κ1) is 24.8. The molecule has 2 bridgehead atoms. The number of piperidine rings is 1. The number of nitrogens with one attached hydrogen (secondary N) is 1. The monoisotopic (exact) mass is 472 g/mol. The maximum Gasteiger partial charge on any atom is 0.407 e. The first-order chi connectivity index (χ1) is 16.0. The Morgan fingerprint density at radius 1 is 1.12 bits per heavy atom. The molecule has 4 aliphatic rings. The standard InChI is InChI=1S/C27H40N2O5/c1-26(2,3)34-25(31)28-21-10-8-16-29-22(21)17-32-19-14-12-18(13-15-19)20-9-6-7-11-23(20)33-27(4,5)24(29)30/h6-7,9,11,18-19,21-22H,8,10,12-17H2,1-5H3,(H,28,31)/t18-,19+,21?,22-/m0/s1. The number of alkyl carbamates (subject to hydrolysis) is 1. The third-order valence-corrected chi connectivity index (χ3v) is 7.16. The molecule has 5 rings (SSSR count). The van der Waals surface area contributed by atoms with Crippen molar-refractivity contribution in [1.29, 1.82) is 0 Å². The number of benzene rings is 1. The maximum absolute atomic E-state index is 13.9. The van der Waals surface area contributed by atoms with E-state index in [2.05, 4.69) is 11.4 Å². The fourth-order valence-electron chi connectivity index (χ4n) is 5.49. The zero-order chi connectivity index (χ0) is 24.5. The molecule has 1 aromatic carbocycles. The summed E-state index contributed by atoms with van der Waals surface area (Å²) in [5.41, 5.74) is -0.452. The summed E-state index contributed by atoms with van der Waals surface area (Å²) < 4.78 is 18.4. The van der Waals surface area contributed by atoms with Crippen molar-refractivity contribution in [2.24, 2.45) is 0 Å². The van der Waals surface area contributed by atoms with E-state index < -0.39 is 17.3 Å². The van der Waals surface area contributed by atoms with Gasteiger partial charge in [-0.25, -0.2) is 4.79 Å². The second kappa shape index (κ2) is 9.76. The van der Waals surface area contributed by atoms with Gasteiger partial charge in [-0.3, -0.25) is 4.79 Å². The third-order valence-electron chi connectivity index (χ3n) is 7.16. The Labute approximate surface area is 203 Å². The number of carbonyl (C=O) groups excluding carboxylic acids is 2. The summed E-state index contributed by atoms with van der Waals surface area (Å²) in [7, 11) is 0. The van der Waals surface area contributed by atoms with Crippen LogP contribution < -0.4 is 10.1 Å². The molecular weight excluding hydrogens is 432 g/mol. The molecule has 1 N–H and O–H groups in total. The second-order valence-corrected chi connectivity index (χ2v) is 11.4. The Kier molecular flexibility index (Phi) is 7.13. The first-order valence-electron chi connectivity index (χ1n) is 12.7. The zero-order valence-electron chi connectivity index (χ0n) is 21.3. The van der Waals surface area contributed by atoms with Gasteiger partial charge in [0, 0.05) is 6.54 Å². The third kappa shape index (κ3) is 5.68. The molecule has 0 aromatic heterocycles. The summed E-state index contributed by atoms with van der Waals surface area (Å²) in [6.45, 7) is 10.2. The van der Waals surface area contributed by atoms with Crippen molar-refractivity contribution in [3.8, 4) is 5.75 Å². The van der Waals surface area contributed by atoms with Crippen molar-refractivity contribution < 1.29 is 23.8 Å². The summed E-state index contributed by atoms with van der Waals surface area (Å²) >= 11 is 0. The van der Waals surface area contributed by atoms with Gasteiger partial charge in [-0.1, -0.05) is 18.2 Å². The first-order valence-corrected chi connectivity index (χ1v) is 12.7. The molecule has 1 unspecified atom stereocenters. The van der Waals surface area contributed by atoms with Crippen molar-refractivity contribution >= 4 is 12.0 Å². The molecule has 1 aliphatic carbocycles. The molecule has 2 atom stereocenters. The van der Waals surface area contributed by atoms with E-state index in [1.165, 1.54) is 5.56 Å². The van der Waals surface area contributed by atoms with Gasteiger partial charge in [-0.15, -0.1) is 0 Å². The molecule has 3 heterocycles. The van der Waals surface area contributed by atoms with Gasteiger partial charge in [0.25, 0.3) is 5.91 Å².